The first-order chi connectivity index (χ1) is 10.3. The van der Waals surface area contributed by atoms with Gasteiger partial charge in [-0.25, -0.2) is 4.98 Å². The fourth-order valence-electron chi connectivity index (χ4n) is 1.74. The summed E-state index contributed by atoms with van der Waals surface area (Å²) in [7, 11) is 0. The van der Waals surface area contributed by atoms with Gasteiger partial charge in [-0.05, 0) is 22.4 Å². The van der Waals surface area contributed by atoms with Gasteiger partial charge >= 0.3 is 0 Å². The van der Waals surface area contributed by atoms with Gasteiger partial charge < -0.3 is 5.32 Å². The van der Waals surface area contributed by atoms with E-state index in [9.17, 15) is 0 Å². The first-order valence-corrected chi connectivity index (χ1v) is 8.22. The summed E-state index contributed by atoms with van der Waals surface area (Å²) in [4.78, 5) is 17.5. The van der Waals surface area contributed by atoms with Gasteiger partial charge in [0.1, 0.15) is 6.33 Å². The van der Waals surface area contributed by atoms with Crippen molar-refractivity contribution in [3.05, 3.63) is 34.0 Å². The molecule has 0 saturated carbocycles. The molecule has 0 fully saturated rings. The zero-order valence-corrected chi connectivity index (χ0v) is 13.7. The average molecular weight is 365 g/mol. The van der Waals surface area contributed by atoms with Crippen molar-refractivity contribution in [1.29, 1.82) is 0 Å². The highest BCUT2D eigenvalue weighted by Crippen LogP contribution is 2.30. The predicted molar refractivity (Wildman–Crippen MR) is 86.7 cm³/mol. The predicted octanol–water partition coefficient (Wildman–Crippen LogP) is 3.37. The second-order valence-electron chi connectivity index (χ2n) is 4.31. The Morgan fingerprint density at radius 3 is 2.86 bits per heavy atom. The van der Waals surface area contributed by atoms with Crippen molar-refractivity contribution in [2.75, 3.05) is 11.9 Å². The number of aromatic nitrogens is 5. The Kier molecular flexibility index (Phi) is 4.26. The zero-order valence-electron chi connectivity index (χ0n) is 11.3. The largest absolute Gasteiger partial charge is 0.354 e. The van der Waals surface area contributed by atoms with Crippen LogP contribution in [0, 0.1) is 0 Å². The monoisotopic (exact) mass is 364 g/mol. The Labute approximate surface area is 134 Å². The molecule has 0 aliphatic rings. The fourth-order valence-corrected chi connectivity index (χ4v) is 3.19. The van der Waals surface area contributed by atoms with Crippen LogP contribution in [0.25, 0.3) is 17.3 Å². The third-order valence-electron chi connectivity index (χ3n) is 2.75. The van der Waals surface area contributed by atoms with Crippen molar-refractivity contribution >= 4 is 33.2 Å². The smallest absolute Gasteiger partial charge is 0.240 e. The lowest BCUT2D eigenvalue weighted by atomic mass is 10.3. The van der Waals surface area contributed by atoms with Crippen LogP contribution in [-0.2, 0) is 0 Å². The van der Waals surface area contributed by atoms with E-state index >= 15 is 0 Å². The summed E-state index contributed by atoms with van der Waals surface area (Å²) >= 11 is 5.13. The zero-order chi connectivity index (χ0) is 14.7. The van der Waals surface area contributed by atoms with Gasteiger partial charge in [0.25, 0.3) is 0 Å². The Hall–Kier alpha value is -1.80. The number of imidazole rings is 1. The number of thiophene rings is 1. The number of hydrogen-bond donors (Lipinski definition) is 1. The topological polar surface area (TPSA) is 68.5 Å². The van der Waals surface area contributed by atoms with Crippen molar-refractivity contribution in [3.63, 3.8) is 0 Å². The molecule has 8 heteroatoms. The van der Waals surface area contributed by atoms with Crippen molar-refractivity contribution in [1.82, 2.24) is 24.5 Å². The first kappa shape index (κ1) is 14.2. The molecule has 0 amide bonds. The van der Waals surface area contributed by atoms with Gasteiger partial charge in [0.2, 0.25) is 11.9 Å². The Bertz CT molecular complexity index is 724. The number of rotatable bonds is 5. The van der Waals surface area contributed by atoms with Crippen molar-refractivity contribution in [3.8, 4) is 17.3 Å². The summed E-state index contributed by atoms with van der Waals surface area (Å²) in [6.07, 6.45) is 6.18. The van der Waals surface area contributed by atoms with Crippen molar-refractivity contribution < 1.29 is 0 Å². The van der Waals surface area contributed by atoms with Gasteiger partial charge in [-0.15, -0.1) is 0 Å². The van der Waals surface area contributed by atoms with Crippen LogP contribution in [0.5, 0.6) is 0 Å². The molecule has 6 nitrogen and oxygen atoms in total. The van der Waals surface area contributed by atoms with Gasteiger partial charge in [-0.1, -0.05) is 6.92 Å². The molecule has 0 radical (unpaired) electrons. The summed E-state index contributed by atoms with van der Waals surface area (Å²) in [6, 6.07) is 0. The van der Waals surface area contributed by atoms with Gasteiger partial charge in [0.15, 0.2) is 5.82 Å². The van der Waals surface area contributed by atoms with E-state index in [1.54, 1.807) is 28.4 Å². The maximum Gasteiger partial charge on any atom is 0.240 e. The molecular weight excluding hydrogens is 352 g/mol. The second-order valence-corrected chi connectivity index (χ2v) is 5.91. The molecule has 0 aliphatic heterocycles. The fraction of sp³-hybridized carbons (Fsp3) is 0.231. The minimum absolute atomic E-state index is 0.550. The lowest BCUT2D eigenvalue weighted by Crippen LogP contribution is -2.10. The van der Waals surface area contributed by atoms with Crippen LogP contribution >= 0.6 is 27.3 Å². The van der Waals surface area contributed by atoms with E-state index in [1.807, 2.05) is 17.0 Å². The molecule has 0 unspecified atom stereocenters. The lowest BCUT2D eigenvalue weighted by Gasteiger charge is -2.08. The number of nitrogens with zero attached hydrogens (tertiary/aromatic N) is 5. The highest BCUT2D eigenvalue weighted by Gasteiger charge is 2.12. The molecule has 21 heavy (non-hydrogen) atoms. The van der Waals surface area contributed by atoms with Crippen LogP contribution in [0.4, 0.5) is 5.95 Å². The summed E-state index contributed by atoms with van der Waals surface area (Å²) in [5.74, 6) is 1.76. The summed E-state index contributed by atoms with van der Waals surface area (Å²) in [6.45, 7) is 2.92. The van der Waals surface area contributed by atoms with Crippen molar-refractivity contribution in [2.24, 2.45) is 0 Å². The minimum Gasteiger partial charge on any atom is -0.354 e. The molecule has 0 aromatic carbocycles. The molecule has 0 bridgehead atoms. The SMILES string of the molecule is CCCNc1nc(-c2cscc2Br)nc(-n2ccnc2)n1. The van der Waals surface area contributed by atoms with Crippen LogP contribution < -0.4 is 5.32 Å². The molecule has 3 heterocycles. The van der Waals surface area contributed by atoms with Crippen LogP contribution in [0.15, 0.2) is 34.0 Å². The number of anilines is 1. The summed E-state index contributed by atoms with van der Waals surface area (Å²) in [5.41, 5.74) is 0.961. The number of nitrogens with one attached hydrogen (secondary N) is 1. The lowest BCUT2D eigenvalue weighted by molar-refractivity contribution is 0.883. The van der Waals surface area contributed by atoms with Crippen LogP contribution in [0.2, 0.25) is 0 Å². The van der Waals surface area contributed by atoms with Crippen LogP contribution in [0.1, 0.15) is 13.3 Å². The van der Waals surface area contributed by atoms with E-state index < -0.39 is 0 Å². The minimum atomic E-state index is 0.550. The molecular formula is C13H13BrN6S. The van der Waals surface area contributed by atoms with E-state index in [-0.39, 0.29) is 0 Å². The van der Waals surface area contributed by atoms with Gasteiger partial charge in [-0.2, -0.15) is 26.3 Å². The molecule has 0 spiro atoms. The highest BCUT2D eigenvalue weighted by atomic mass is 79.9. The number of hydrogen-bond acceptors (Lipinski definition) is 6. The maximum atomic E-state index is 4.52. The Morgan fingerprint density at radius 1 is 1.29 bits per heavy atom. The van der Waals surface area contributed by atoms with E-state index in [2.05, 4.69) is 48.1 Å². The summed E-state index contributed by atoms with van der Waals surface area (Å²) in [5, 5.41) is 7.23. The van der Waals surface area contributed by atoms with Crippen LogP contribution in [-0.4, -0.2) is 31.0 Å². The Morgan fingerprint density at radius 2 is 2.19 bits per heavy atom. The average Bonchev–Trinajstić information content (AvgIpc) is 3.16. The molecule has 0 aliphatic carbocycles. The van der Waals surface area contributed by atoms with E-state index in [1.165, 1.54) is 0 Å². The normalized spacial score (nSPS) is 10.8. The quantitative estimate of drug-likeness (QED) is 0.751. The third kappa shape index (κ3) is 3.11. The molecule has 3 aromatic rings. The molecule has 3 rings (SSSR count). The molecule has 108 valence electrons. The van der Waals surface area contributed by atoms with Crippen LogP contribution in [0.3, 0.4) is 0 Å². The summed E-state index contributed by atoms with van der Waals surface area (Å²) < 4.78 is 2.75. The van der Waals surface area contributed by atoms with Gasteiger partial charge in [-0.3, -0.25) is 4.57 Å². The molecule has 1 N–H and O–H groups in total. The third-order valence-corrected chi connectivity index (χ3v) is 4.45. The molecule has 0 saturated heterocycles. The highest BCUT2D eigenvalue weighted by molar-refractivity contribution is 9.10. The first-order valence-electron chi connectivity index (χ1n) is 6.48. The number of halogens is 1. The standard InChI is InChI=1S/C13H13BrN6S/c1-2-3-16-12-17-11(9-6-21-7-10(9)14)18-13(19-12)20-5-4-15-8-20/h4-8H,2-3H2,1H3,(H,16,17,18,19). The van der Waals surface area contributed by atoms with Crippen molar-refractivity contribution in [2.45, 2.75) is 13.3 Å². The van der Waals surface area contributed by atoms with E-state index in [0.717, 1.165) is 23.0 Å². The second kappa shape index (κ2) is 6.31. The molecule has 3 aromatic heterocycles. The Balaban J connectivity index is 2.07. The maximum absolute atomic E-state index is 4.52. The van der Waals surface area contributed by atoms with Gasteiger partial charge in [0.05, 0.1) is 0 Å². The molecule has 0 atom stereocenters. The van der Waals surface area contributed by atoms with E-state index in [0.29, 0.717) is 17.7 Å². The van der Waals surface area contributed by atoms with E-state index in [4.69, 9.17) is 0 Å². The van der Waals surface area contributed by atoms with Gasteiger partial charge in [0, 0.05) is 39.7 Å².